The van der Waals surface area contributed by atoms with Crippen LogP contribution in [0.5, 0.6) is 0 Å². The summed E-state index contributed by atoms with van der Waals surface area (Å²) in [5.74, 6) is 0. The summed E-state index contributed by atoms with van der Waals surface area (Å²) < 4.78 is 0. The SMILES string of the molecule is C=CC1=CCCCC1.C=CC=C. The highest BCUT2D eigenvalue weighted by Gasteiger charge is 1.97. The minimum absolute atomic E-state index is 1.25. The van der Waals surface area contributed by atoms with Crippen molar-refractivity contribution in [2.75, 3.05) is 0 Å². The molecule has 0 heterocycles. The molecular weight excluding hydrogens is 144 g/mol. The van der Waals surface area contributed by atoms with Crippen molar-refractivity contribution in [1.29, 1.82) is 0 Å². The molecule has 1 aliphatic carbocycles. The van der Waals surface area contributed by atoms with Gasteiger partial charge in [-0.3, -0.25) is 0 Å². The summed E-state index contributed by atoms with van der Waals surface area (Å²) >= 11 is 0. The van der Waals surface area contributed by atoms with E-state index >= 15 is 0 Å². The van der Waals surface area contributed by atoms with Crippen molar-refractivity contribution in [2.24, 2.45) is 0 Å². The highest BCUT2D eigenvalue weighted by atomic mass is 14.0. The lowest BCUT2D eigenvalue weighted by Crippen LogP contribution is -1.86. The fourth-order valence-electron chi connectivity index (χ4n) is 1.05. The Morgan fingerprint density at radius 2 is 1.75 bits per heavy atom. The summed E-state index contributed by atoms with van der Waals surface area (Å²) in [7, 11) is 0. The van der Waals surface area contributed by atoms with Gasteiger partial charge in [-0.15, -0.1) is 0 Å². The van der Waals surface area contributed by atoms with Gasteiger partial charge in [0, 0.05) is 0 Å². The molecule has 0 aromatic heterocycles. The van der Waals surface area contributed by atoms with E-state index in [9.17, 15) is 0 Å². The molecule has 0 saturated heterocycles. The maximum Gasteiger partial charge on any atom is -0.0282 e. The summed E-state index contributed by atoms with van der Waals surface area (Å²) in [6, 6.07) is 0. The lowest BCUT2D eigenvalue weighted by Gasteiger charge is -2.06. The Labute approximate surface area is 76.0 Å². The molecule has 0 aromatic carbocycles. The minimum atomic E-state index is 1.25. The van der Waals surface area contributed by atoms with Crippen molar-refractivity contribution in [3.63, 3.8) is 0 Å². The summed E-state index contributed by atoms with van der Waals surface area (Å²) in [6.07, 6.45) is 12.8. The molecule has 0 aliphatic heterocycles. The van der Waals surface area contributed by atoms with E-state index < -0.39 is 0 Å². The van der Waals surface area contributed by atoms with Gasteiger partial charge in [-0.2, -0.15) is 0 Å². The first-order valence-electron chi connectivity index (χ1n) is 4.40. The van der Waals surface area contributed by atoms with E-state index in [4.69, 9.17) is 0 Å². The maximum absolute atomic E-state index is 3.72. The third-order valence-electron chi connectivity index (χ3n) is 1.75. The normalized spacial score (nSPS) is 14.8. The van der Waals surface area contributed by atoms with Gasteiger partial charge in [0.25, 0.3) is 0 Å². The monoisotopic (exact) mass is 162 g/mol. The van der Waals surface area contributed by atoms with Crippen molar-refractivity contribution >= 4 is 0 Å². The molecule has 0 bridgehead atoms. The van der Waals surface area contributed by atoms with Crippen LogP contribution >= 0.6 is 0 Å². The van der Waals surface area contributed by atoms with E-state index in [1.807, 2.05) is 6.08 Å². The van der Waals surface area contributed by atoms with Gasteiger partial charge >= 0.3 is 0 Å². The predicted molar refractivity (Wildman–Crippen MR) is 57.1 cm³/mol. The average molecular weight is 162 g/mol. The molecule has 0 atom stereocenters. The first-order valence-corrected chi connectivity index (χ1v) is 4.40. The second kappa shape index (κ2) is 8.06. The van der Waals surface area contributed by atoms with Crippen LogP contribution in [0.1, 0.15) is 25.7 Å². The maximum atomic E-state index is 3.72. The molecule has 0 saturated carbocycles. The second-order valence-corrected chi connectivity index (χ2v) is 2.70. The first-order chi connectivity index (χ1) is 5.85. The van der Waals surface area contributed by atoms with Crippen LogP contribution in [0.15, 0.2) is 49.6 Å². The highest BCUT2D eigenvalue weighted by Crippen LogP contribution is 2.16. The third kappa shape index (κ3) is 5.72. The van der Waals surface area contributed by atoms with Gasteiger partial charge < -0.3 is 0 Å². The summed E-state index contributed by atoms with van der Waals surface area (Å²) in [5.41, 5.74) is 1.44. The molecule has 1 rings (SSSR count). The van der Waals surface area contributed by atoms with Gasteiger partial charge in [0.1, 0.15) is 0 Å². The van der Waals surface area contributed by atoms with Crippen LogP contribution in [0.25, 0.3) is 0 Å². The third-order valence-corrected chi connectivity index (χ3v) is 1.75. The Bertz CT molecular complexity index is 166. The van der Waals surface area contributed by atoms with Crippen LogP contribution in [-0.2, 0) is 0 Å². The first kappa shape index (κ1) is 11.0. The van der Waals surface area contributed by atoms with Crippen LogP contribution in [0.4, 0.5) is 0 Å². The van der Waals surface area contributed by atoms with Crippen molar-refractivity contribution in [3.8, 4) is 0 Å². The van der Waals surface area contributed by atoms with Gasteiger partial charge in [-0.1, -0.05) is 49.6 Å². The van der Waals surface area contributed by atoms with Gasteiger partial charge in [0.05, 0.1) is 0 Å². The Kier molecular flexibility index (Phi) is 7.36. The Balaban J connectivity index is 0.000000261. The van der Waals surface area contributed by atoms with Gasteiger partial charge in [0.15, 0.2) is 0 Å². The smallest absolute Gasteiger partial charge is 0.0282 e. The van der Waals surface area contributed by atoms with Crippen LogP contribution in [0.2, 0.25) is 0 Å². The van der Waals surface area contributed by atoms with Gasteiger partial charge in [-0.05, 0) is 25.7 Å². The van der Waals surface area contributed by atoms with Crippen molar-refractivity contribution < 1.29 is 0 Å². The van der Waals surface area contributed by atoms with Crippen LogP contribution in [-0.4, -0.2) is 0 Å². The molecule has 0 N–H and O–H groups in total. The molecule has 0 unspecified atom stereocenters. The van der Waals surface area contributed by atoms with E-state index in [-0.39, 0.29) is 0 Å². The molecule has 0 radical (unpaired) electrons. The highest BCUT2D eigenvalue weighted by molar-refractivity contribution is 5.17. The van der Waals surface area contributed by atoms with E-state index in [1.165, 1.54) is 31.3 Å². The standard InChI is InChI=1S/C8H12.C4H6/c1-2-8-6-4-3-5-7-8;1-3-4-2/h2,6H,1,3-5,7H2;3-4H,1-2H2. The number of allylic oxidation sites excluding steroid dienone is 5. The van der Waals surface area contributed by atoms with Crippen LogP contribution < -0.4 is 0 Å². The lowest BCUT2D eigenvalue weighted by atomic mass is 10.0. The predicted octanol–water partition coefficient (Wildman–Crippen LogP) is 4.03. The average Bonchev–Trinajstić information content (AvgIpc) is 2.19. The van der Waals surface area contributed by atoms with Crippen LogP contribution in [0, 0.1) is 0 Å². The Hall–Kier alpha value is -1.04. The number of hydrogen-bond donors (Lipinski definition) is 0. The van der Waals surface area contributed by atoms with Crippen molar-refractivity contribution in [2.45, 2.75) is 25.7 Å². The van der Waals surface area contributed by atoms with E-state index in [0.717, 1.165) is 0 Å². The zero-order valence-corrected chi connectivity index (χ0v) is 7.76. The molecule has 0 nitrogen and oxygen atoms in total. The topological polar surface area (TPSA) is 0 Å². The molecule has 66 valence electrons. The molecule has 0 aromatic rings. The molecule has 0 spiro atoms. The fraction of sp³-hybridized carbons (Fsp3) is 0.333. The minimum Gasteiger partial charge on any atom is -0.0991 e. The largest absolute Gasteiger partial charge is 0.0991 e. The summed E-state index contributed by atoms with van der Waals surface area (Å²) in [4.78, 5) is 0. The molecule has 0 amide bonds. The summed E-state index contributed by atoms with van der Waals surface area (Å²) in [5, 5.41) is 0. The van der Waals surface area contributed by atoms with Gasteiger partial charge in [0.2, 0.25) is 0 Å². The molecule has 12 heavy (non-hydrogen) atoms. The molecular formula is C12H18. The number of hydrogen-bond acceptors (Lipinski definition) is 0. The number of rotatable bonds is 2. The molecule has 0 fully saturated rings. The summed E-state index contributed by atoms with van der Waals surface area (Å²) in [6.45, 7) is 10.4. The second-order valence-electron chi connectivity index (χ2n) is 2.70. The van der Waals surface area contributed by atoms with E-state index in [1.54, 1.807) is 12.2 Å². The zero-order valence-electron chi connectivity index (χ0n) is 7.76. The van der Waals surface area contributed by atoms with E-state index in [2.05, 4.69) is 25.8 Å². The quantitative estimate of drug-likeness (QED) is 0.538. The fourth-order valence-corrected chi connectivity index (χ4v) is 1.05. The van der Waals surface area contributed by atoms with Crippen molar-refractivity contribution in [1.82, 2.24) is 0 Å². The van der Waals surface area contributed by atoms with Crippen LogP contribution in [0.3, 0.4) is 0 Å². The van der Waals surface area contributed by atoms with Gasteiger partial charge in [-0.25, -0.2) is 0 Å². The lowest BCUT2D eigenvalue weighted by molar-refractivity contribution is 0.712. The van der Waals surface area contributed by atoms with E-state index in [0.29, 0.717) is 0 Å². The molecule has 0 heteroatoms. The zero-order chi connectivity index (χ0) is 9.23. The Morgan fingerprint density at radius 3 is 2.00 bits per heavy atom. The Morgan fingerprint density at radius 1 is 1.08 bits per heavy atom. The van der Waals surface area contributed by atoms with Crippen molar-refractivity contribution in [3.05, 3.63) is 49.6 Å². The molecule has 1 aliphatic rings.